The summed E-state index contributed by atoms with van der Waals surface area (Å²) in [5.74, 6) is 0.464. The fourth-order valence-corrected chi connectivity index (χ4v) is 2.28. The second-order valence-electron chi connectivity index (χ2n) is 5.75. The Hall–Kier alpha value is -0.570. The summed E-state index contributed by atoms with van der Waals surface area (Å²) in [4.78, 5) is 11.5. The molecule has 1 rings (SSSR count). The largest absolute Gasteiger partial charge is 0.480 e. The van der Waals surface area contributed by atoms with Crippen molar-refractivity contribution >= 4 is 5.97 Å². The number of carboxylic acids is 1. The zero-order valence-corrected chi connectivity index (χ0v) is 10.9. The summed E-state index contributed by atoms with van der Waals surface area (Å²) in [6.07, 6.45) is 3.56. The Kier molecular flexibility index (Phi) is 4.36. The van der Waals surface area contributed by atoms with Crippen LogP contribution in [0, 0.1) is 11.8 Å². The monoisotopic (exact) mass is 227 g/mol. The highest BCUT2D eigenvalue weighted by Crippen LogP contribution is 2.33. The Labute approximate surface area is 98.6 Å². The molecule has 1 saturated carbocycles. The summed E-state index contributed by atoms with van der Waals surface area (Å²) in [5.41, 5.74) is -0.670. The van der Waals surface area contributed by atoms with Gasteiger partial charge in [0.1, 0.15) is 5.54 Å². The van der Waals surface area contributed by atoms with Gasteiger partial charge in [0.25, 0.3) is 0 Å². The van der Waals surface area contributed by atoms with Crippen molar-refractivity contribution in [1.29, 1.82) is 0 Å². The first-order valence-electron chi connectivity index (χ1n) is 6.38. The average molecular weight is 227 g/mol. The molecule has 0 aromatic carbocycles. The number of carbonyl (C=O) groups is 1. The lowest BCUT2D eigenvalue weighted by atomic mass is 9.76. The van der Waals surface area contributed by atoms with E-state index in [2.05, 4.69) is 33.0 Å². The van der Waals surface area contributed by atoms with Gasteiger partial charge in [-0.1, -0.05) is 20.8 Å². The van der Waals surface area contributed by atoms with E-state index in [0.29, 0.717) is 11.8 Å². The maximum absolute atomic E-state index is 11.5. The normalized spacial score (nSPS) is 32.7. The summed E-state index contributed by atoms with van der Waals surface area (Å²) in [5, 5.41) is 12.8. The van der Waals surface area contributed by atoms with Gasteiger partial charge in [0.15, 0.2) is 0 Å². The molecule has 0 aliphatic heterocycles. The van der Waals surface area contributed by atoms with Gasteiger partial charge in [-0.3, -0.25) is 10.1 Å². The van der Waals surface area contributed by atoms with Crippen molar-refractivity contribution in [1.82, 2.24) is 5.32 Å². The predicted octanol–water partition coefficient (Wildman–Crippen LogP) is 2.65. The van der Waals surface area contributed by atoms with Crippen molar-refractivity contribution in [3.63, 3.8) is 0 Å². The summed E-state index contributed by atoms with van der Waals surface area (Å²) < 4.78 is 0. The third-order valence-electron chi connectivity index (χ3n) is 4.04. The van der Waals surface area contributed by atoms with Gasteiger partial charge in [-0.15, -0.1) is 0 Å². The topological polar surface area (TPSA) is 49.3 Å². The minimum absolute atomic E-state index is 0.254. The molecule has 94 valence electrons. The number of hydrogen-bond donors (Lipinski definition) is 2. The first-order valence-corrected chi connectivity index (χ1v) is 6.38. The smallest absolute Gasteiger partial charge is 0.323 e. The quantitative estimate of drug-likeness (QED) is 0.776. The molecular weight excluding hydrogens is 202 g/mol. The molecule has 0 saturated heterocycles. The van der Waals surface area contributed by atoms with Crippen LogP contribution in [0.15, 0.2) is 0 Å². The summed E-state index contributed by atoms with van der Waals surface area (Å²) in [7, 11) is 0. The standard InChI is InChI=1S/C13H25NO2/c1-9(2)11(4)14-13(12(15)16)7-5-10(3)6-8-13/h9-11,14H,5-8H2,1-4H3,(H,15,16). The van der Waals surface area contributed by atoms with Gasteiger partial charge < -0.3 is 5.11 Å². The molecule has 1 aliphatic rings. The first-order chi connectivity index (χ1) is 7.37. The molecule has 3 heteroatoms. The van der Waals surface area contributed by atoms with E-state index in [9.17, 15) is 9.90 Å². The SMILES string of the molecule is CC1CCC(NC(C)C(C)C)(C(=O)O)CC1. The number of carboxylic acid groups (broad SMARTS) is 1. The lowest BCUT2D eigenvalue weighted by molar-refractivity contribution is -0.147. The zero-order valence-electron chi connectivity index (χ0n) is 10.9. The van der Waals surface area contributed by atoms with Gasteiger partial charge in [-0.25, -0.2) is 0 Å². The van der Waals surface area contributed by atoms with E-state index in [1.54, 1.807) is 0 Å². The average Bonchev–Trinajstić information content (AvgIpc) is 2.21. The highest BCUT2D eigenvalue weighted by atomic mass is 16.4. The van der Waals surface area contributed by atoms with Crippen LogP contribution in [0.5, 0.6) is 0 Å². The van der Waals surface area contributed by atoms with E-state index >= 15 is 0 Å². The van der Waals surface area contributed by atoms with Crippen molar-refractivity contribution in [3.05, 3.63) is 0 Å². The predicted molar refractivity (Wildman–Crippen MR) is 65.4 cm³/mol. The molecule has 0 aromatic rings. The number of aliphatic carboxylic acids is 1. The van der Waals surface area contributed by atoms with E-state index in [1.807, 2.05) is 0 Å². The molecule has 1 fully saturated rings. The summed E-state index contributed by atoms with van der Waals surface area (Å²) in [6.45, 7) is 8.53. The van der Waals surface area contributed by atoms with E-state index in [-0.39, 0.29) is 6.04 Å². The molecule has 1 unspecified atom stereocenters. The summed E-state index contributed by atoms with van der Waals surface area (Å²) >= 11 is 0. The number of rotatable bonds is 4. The lowest BCUT2D eigenvalue weighted by Crippen LogP contribution is -2.58. The molecule has 0 aromatic heterocycles. The minimum atomic E-state index is -0.674. The molecule has 0 heterocycles. The van der Waals surface area contributed by atoms with Gasteiger partial charge in [-0.05, 0) is 44.4 Å². The third kappa shape index (κ3) is 2.97. The van der Waals surface area contributed by atoms with Gasteiger partial charge in [0.05, 0.1) is 0 Å². The van der Waals surface area contributed by atoms with Crippen LogP contribution in [-0.4, -0.2) is 22.7 Å². The molecule has 0 bridgehead atoms. The lowest BCUT2D eigenvalue weighted by Gasteiger charge is -2.39. The molecule has 16 heavy (non-hydrogen) atoms. The second kappa shape index (κ2) is 5.17. The van der Waals surface area contributed by atoms with Crippen molar-refractivity contribution in [2.75, 3.05) is 0 Å². The van der Waals surface area contributed by atoms with Crippen LogP contribution in [0.4, 0.5) is 0 Å². The number of hydrogen-bond acceptors (Lipinski definition) is 2. The highest BCUT2D eigenvalue weighted by molar-refractivity contribution is 5.79. The molecule has 0 radical (unpaired) electrons. The minimum Gasteiger partial charge on any atom is -0.480 e. The van der Waals surface area contributed by atoms with Crippen LogP contribution >= 0.6 is 0 Å². The molecule has 2 N–H and O–H groups in total. The van der Waals surface area contributed by atoms with Crippen molar-refractivity contribution in [3.8, 4) is 0 Å². The Morgan fingerprint density at radius 3 is 2.19 bits per heavy atom. The van der Waals surface area contributed by atoms with Crippen LogP contribution in [0.3, 0.4) is 0 Å². The van der Waals surface area contributed by atoms with Crippen LogP contribution in [0.1, 0.15) is 53.4 Å². The molecule has 3 nitrogen and oxygen atoms in total. The molecule has 0 amide bonds. The molecule has 1 atom stereocenters. The Morgan fingerprint density at radius 1 is 1.31 bits per heavy atom. The van der Waals surface area contributed by atoms with E-state index in [1.165, 1.54) is 0 Å². The van der Waals surface area contributed by atoms with E-state index in [4.69, 9.17) is 0 Å². The highest BCUT2D eigenvalue weighted by Gasteiger charge is 2.42. The Bertz CT molecular complexity index is 242. The first kappa shape index (κ1) is 13.5. The van der Waals surface area contributed by atoms with E-state index < -0.39 is 11.5 Å². The van der Waals surface area contributed by atoms with E-state index in [0.717, 1.165) is 25.7 Å². The Balaban J connectivity index is 2.70. The van der Waals surface area contributed by atoms with Crippen LogP contribution in [-0.2, 0) is 4.79 Å². The van der Waals surface area contributed by atoms with Crippen molar-refractivity contribution < 1.29 is 9.90 Å². The van der Waals surface area contributed by atoms with Crippen LogP contribution < -0.4 is 5.32 Å². The van der Waals surface area contributed by atoms with Gasteiger partial charge in [-0.2, -0.15) is 0 Å². The second-order valence-corrected chi connectivity index (χ2v) is 5.75. The molecule has 0 spiro atoms. The molecular formula is C13H25NO2. The molecule has 1 aliphatic carbocycles. The van der Waals surface area contributed by atoms with Crippen molar-refractivity contribution in [2.24, 2.45) is 11.8 Å². The van der Waals surface area contributed by atoms with Gasteiger partial charge in [0.2, 0.25) is 0 Å². The van der Waals surface area contributed by atoms with Crippen LogP contribution in [0.25, 0.3) is 0 Å². The summed E-state index contributed by atoms with van der Waals surface area (Å²) in [6, 6.07) is 0.254. The fourth-order valence-electron chi connectivity index (χ4n) is 2.28. The maximum Gasteiger partial charge on any atom is 0.323 e. The van der Waals surface area contributed by atoms with Gasteiger partial charge >= 0.3 is 5.97 Å². The van der Waals surface area contributed by atoms with Gasteiger partial charge in [0, 0.05) is 6.04 Å². The maximum atomic E-state index is 11.5. The number of nitrogens with one attached hydrogen (secondary N) is 1. The Morgan fingerprint density at radius 2 is 1.81 bits per heavy atom. The third-order valence-corrected chi connectivity index (χ3v) is 4.04. The van der Waals surface area contributed by atoms with Crippen molar-refractivity contribution in [2.45, 2.75) is 65.0 Å². The fraction of sp³-hybridized carbons (Fsp3) is 0.923. The zero-order chi connectivity index (χ0) is 12.3. The van der Waals surface area contributed by atoms with Crippen LogP contribution in [0.2, 0.25) is 0 Å².